The van der Waals surface area contributed by atoms with Crippen LogP contribution in [0.5, 0.6) is 0 Å². The second-order valence-corrected chi connectivity index (χ2v) is 7.36. The largest absolute Gasteiger partial charge is 0.324 e. The van der Waals surface area contributed by atoms with Gasteiger partial charge in [0.05, 0.1) is 11.4 Å². The first-order valence-electron chi connectivity index (χ1n) is 9.73. The molecule has 7 heteroatoms. The number of aromatic nitrogens is 4. The molecule has 0 aliphatic heterocycles. The number of anilines is 1. The van der Waals surface area contributed by atoms with E-state index >= 15 is 0 Å². The van der Waals surface area contributed by atoms with Gasteiger partial charge in [-0.25, -0.2) is 9.67 Å². The zero-order valence-corrected chi connectivity index (χ0v) is 17.8. The molecule has 0 fully saturated rings. The van der Waals surface area contributed by atoms with Crippen LogP contribution in [-0.4, -0.2) is 25.2 Å². The molecule has 2 aromatic heterocycles. The molecule has 3 aromatic rings. The Morgan fingerprint density at radius 3 is 2.48 bits per heavy atom. The van der Waals surface area contributed by atoms with Crippen molar-refractivity contribution in [2.75, 3.05) is 5.32 Å². The van der Waals surface area contributed by atoms with Gasteiger partial charge in [-0.05, 0) is 64.3 Å². The summed E-state index contributed by atoms with van der Waals surface area (Å²) >= 11 is 0. The molecule has 7 nitrogen and oxygen atoms in total. The first-order valence-corrected chi connectivity index (χ1v) is 9.73. The Morgan fingerprint density at radius 1 is 1.14 bits per heavy atom. The van der Waals surface area contributed by atoms with Crippen molar-refractivity contribution in [2.45, 2.75) is 54.5 Å². The van der Waals surface area contributed by atoms with Gasteiger partial charge in [0.1, 0.15) is 6.54 Å². The Balaban J connectivity index is 2.05. The first-order chi connectivity index (χ1) is 13.7. The van der Waals surface area contributed by atoms with Gasteiger partial charge in [-0.1, -0.05) is 19.1 Å². The van der Waals surface area contributed by atoms with E-state index in [1.807, 2.05) is 65.8 Å². The average molecular weight is 393 g/mol. The van der Waals surface area contributed by atoms with Crippen molar-refractivity contribution >= 4 is 11.6 Å². The van der Waals surface area contributed by atoms with Crippen molar-refractivity contribution in [3.63, 3.8) is 0 Å². The highest BCUT2D eigenvalue weighted by Gasteiger charge is 2.19. The average Bonchev–Trinajstić information content (AvgIpc) is 2.99. The molecule has 0 bridgehead atoms. The maximum absolute atomic E-state index is 13.1. The molecule has 0 saturated heterocycles. The van der Waals surface area contributed by atoms with E-state index < -0.39 is 0 Å². The lowest BCUT2D eigenvalue weighted by atomic mass is 10.1. The third kappa shape index (κ3) is 3.99. The van der Waals surface area contributed by atoms with Crippen LogP contribution in [0, 0.1) is 34.6 Å². The Bertz CT molecular complexity index is 1140. The predicted octanol–water partition coefficient (Wildman–Crippen LogP) is 3.17. The fourth-order valence-corrected chi connectivity index (χ4v) is 3.45. The molecule has 0 saturated carbocycles. The number of nitrogens with zero attached hydrogens (tertiary/aromatic N) is 4. The van der Waals surface area contributed by atoms with Gasteiger partial charge in [-0.2, -0.15) is 5.10 Å². The SMILES string of the molecule is CCc1c(C)nc(-n2nc(C)cc2C)n(CC(=O)Nc2cccc(C)c2C)c1=O. The molecular formula is C22H27N5O2. The minimum Gasteiger partial charge on any atom is -0.324 e. The Hall–Kier alpha value is -3.22. The van der Waals surface area contributed by atoms with E-state index in [0.717, 1.165) is 28.2 Å². The molecule has 1 N–H and O–H groups in total. The lowest BCUT2D eigenvalue weighted by Crippen LogP contribution is -2.34. The van der Waals surface area contributed by atoms with E-state index in [1.165, 1.54) is 4.57 Å². The van der Waals surface area contributed by atoms with E-state index in [-0.39, 0.29) is 18.0 Å². The van der Waals surface area contributed by atoms with Gasteiger partial charge in [-0.3, -0.25) is 14.2 Å². The Labute approximate surface area is 170 Å². The third-order valence-corrected chi connectivity index (χ3v) is 5.18. The van der Waals surface area contributed by atoms with Crippen molar-refractivity contribution in [1.29, 1.82) is 0 Å². The molecule has 1 amide bonds. The normalized spacial score (nSPS) is 11.0. The van der Waals surface area contributed by atoms with Gasteiger partial charge in [0.25, 0.3) is 5.56 Å². The highest BCUT2D eigenvalue weighted by atomic mass is 16.2. The molecule has 2 heterocycles. The number of benzene rings is 1. The van der Waals surface area contributed by atoms with Crippen molar-refractivity contribution < 1.29 is 4.79 Å². The van der Waals surface area contributed by atoms with Gasteiger partial charge in [0.2, 0.25) is 11.9 Å². The summed E-state index contributed by atoms with van der Waals surface area (Å²) < 4.78 is 3.03. The van der Waals surface area contributed by atoms with Crippen molar-refractivity contribution in [1.82, 2.24) is 19.3 Å². The maximum atomic E-state index is 13.1. The molecule has 29 heavy (non-hydrogen) atoms. The van der Waals surface area contributed by atoms with Crippen molar-refractivity contribution in [3.8, 4) is 5.95 Å². The molecule has 1 aromatic carbocycles. The minimum absolute atomic E-state index is 0.139. The van der Waals surface area contributed by atoms with E-state index in [4.69, 9.17) is 0 Å². The summed E-state index contributed by atoms with van der Waals surface area (Å²) in [4.78, 5) is 30.6. The number of amides is 1. The number of carbonyl (C=O) groups is 1. The van der Waals surface area contributed by atoms with Gasteiger partial charge in [0.15, 0.2) is 0 Å². The van der Waals surface area contributed by atoms with Crippen LogP contribution in [0.1, 0.15) is 40.7 Å². The number of rotatable bonds is 5. The molecule has 0 spiro atoms. The van der Waals surface area contributed by atoms with Crippen LogP contribution in [0.3, 0.4) is 0 Å². The number of hydrogen-bond donors (Lipinski definition) is 1. The number of hydrogen-bond acceptors (Lipinski definition) is 4. The summed E-state index contributed by atoms with van der Waals surface area (Å²) in [6.45, 7) is 11.3. The number of nitrogens with one attached hydrogen (secondary N) is 1. The predicted molar refractivity (Wildman–Crippen MR) is 114 cm³/mol. The highest BCUT2D eigenvalue weighted by Crippen LogP contribution is 2.18. The van der Waals surface area contributed by atoms with Crippen LogP contribution in [0.25, 0.3) is 5.95 Å². The molecular weight excluding hydrogens is 366 g/mol. The summed E-state index contributed by atoms with van der Waals surface area (Å²) in [5, 5.41) is 7.38. The monoisotopic (exact) mass is 393 g/mol. The first kappa shape index (κ1) is 20.5. The number of aryl methyl sites for hydroxylation is 4. The maximum Gasteiger partial charge on any atom is 0.258 e. The van der Waals surface area contributed by atoms with Gasteiger partial charge in [0, 0.05) is 16.9 Å². The topological polar surface area (TPSA) is 81.8 Å². The summed E-state index contributed by atoms with van der Waals surface area (Å²) in [6.07, 6.45) is 0.549. The zero-order chi connectivity index (χ0) is 21.3. The summed E-state index contributed by atoms with van der Waals surface area (Å²) in [6, 6.07) is 7.66. The molecule has 0 aliphatic carbocycles. The van der Waals surface area contributed by atoms with E-state index in [1.54, 1.807) is 4.68 Å². The minimum atomic E-state index is -0.281. The quantitative estimate of drug-likeness (QED) is 0.722. The van der Waals surface area contributed by atoms with Crippen molar-refractivity contribution in [3.05, 3.63) is 68.4 Å². The molecule has 3 rings (SSSR count). The fraction of sp³-hybridized carbons (Fsp3) is 0.364. The van der Waals surface area contributed by atoms with Gasteiger partial charge in [-0.15, -0.1) is 0 Å². The Morgan fingerprint density at radius 2 is 1.86 bits per heavy atom. The second-order valence-electron chi connectivity index (χ2n) is 7.36. The van der Waals surface area contributed by atoms with Crippen molar-refractivity contribution in [2.24, 2.45) is 0 Å². The highest BCUT2D eigenvalue weighted by molar-refractivity contribution is 5.91. The summed E-state index contributed by atoms with van der Waals surface area (Å²) in [7, 11) is 0. The Kier molecular flexibility index (Phi) is 5.68. The van der Waals surface area contributed by atoms with Crippen LogP contribution in [0.2, 0.25) is 0 Å². The lowest BCUT2D eigenvalue weighted by molar-refractivity contribution is -0.116. The third-order valence-electron chi connectivity index (χ3n) is 5.18. The standard InChI is InChI=1S/C22H27N5O2/c1-7-18-17(6)23-22(27-15(4)11-14(3)25-27)26(21(18)29)12-20(28)24-19-10-8-9-13(2)16(19)5/h8-11H,7,12H2,1-6H3,(H,24,28). The second kappa shape index (κ2) is 8.03. The molecule has 0 radical (unpaired) electrons. The van der Waals surface area contributed by atoms with Gasteiger partial charge < -0.3 is 5.32 Å². The van der Waals surface area contributed by atoms with Crippen LogP contribution in [0.15, 0.2) is 29.1 Å². The van der Waals surface area contributed by atoms with Crippen LogP contribution in [0.4, 0.5) is 5.69 Å². The summed E-state index contributed by atoms with van der Waals surface area (Å²) in [5.41, 5.74) is 5.56. The van der Waals surface area contributed by atoms with Crippen LogP contribution >= 0.6 is 0 Å². The van der Waals surface area contributed by atoms with E-state index in [9.17, 15) is 9.59 Å². The molecule has 0 unspecified atom stereocenters. The number of carbonyl (C=O) groups excluding carboxylic acids is 1. The van der Waals surface area contributed by atoms with E-state index in [2.05, 4.69) is 15.4 Å². The molecule has 0 aliphatic rings. The zero-order valence-electron chi connectivity index (χ0n) is 17.8. The summed E-state index contributed by atoms with van der Waals surface area (Å²) in [5.74, 6) is 0.0719. The smallest absolute Gasteiger partial charge is 0.258 e. The van der Waals surface area contributed by atoms with Crippen LogP contribution < -0.4 is 10.9 Å². The fourth-order valence-electron chi connectivity index (χ4n) is 3.45. The van der Waals surface area contributed by atoms with Crippen LogP contribution in [-0.2, 0) is 17.8 Å². The lowest BCUT2D eigenvalue weighted by Gasteiger charge is -2.16. The van der Waals surface area contributed by atoms with Gasteiger partial charge >= 0.3 is 0 Å². The molecule has 152 valence electrons. The van der Waals surface area contributed by atoms with E-state index in [0.29, 0.717) is 23.6 Å². The molecule has 0 atom stereocenters.